The Hall–Kier alpha value is -2.32. The summed E-state index contributed by atoms with van der Waals surface area (Å²) in [5.74, 6) is 0.492. The van der Waals surface area contributed by atoms with Crippen LogP contribution in [0.5, 0.6) is 5.75 Å². The highest BCUT2D eigenvalue weighted by atomic mass is 32.2. The van der Waals surface area contributed by atoms with E-state index in [9.17, 15) is 13.2 Å². The number of benzene rings is 2. The maximum absolute atomic E-state index is 12.7. The lowest BCUT2D eigenvalue weighted by Gasteiger charge is -2.24. The summed E-state index contributed by atoms with van der Waals surface area (Å²) >= 11 is 1.40. The molecule has 4 rings (SSSR count). The fourth-order valence-corrected chi connectivity index (χ4v) is 7.71. The van der Waals surface area contributed by atoms with Gasteiger partial charge in [-0.1, -0.05) is 60.3 Å². The van der Waals surface area contributed by atoms with Crippen molar-refractivity contribution in [3.63, 3.8) is 0 Å². The molecule has 3 atom stereocenters. The zero-order chi connectivity index (χ0) is 21.1. The first kappa shape index (κ1) is 20.9. The van der Waals surface area contributed by atoms with Crippen molar-refractivity contribution in [3.8, 4) is 5.75 Å². The van der Waals surface area contributed by atoms with Gasteiger partial charge in [0.25, 0.3) is 5.91 Å². The van der Waals surface area contributed by atoms with Crippen LogP contribution < -0.4 is 4.74 Å². The summed E-state index contributed by atoms with van der Waals surface area (Å²) in [5, 5.41) is 0.520. The van der Waals surface area contributed by atoms with Crippen LogP contribution in [-0.4, -0.2) is 59.8 Å². The van der Waals surface area contributed by atoms with Crippen molar-refractivity contribution in [3.05, 3.63) is 66.2 Å². The lowest BCUT2D eigenvalue weighted by Crippen LogP contribution is -2.39. The number of amidine groups is 1. The smallest absolute Gasteiger partial charge is 0.288 e. The van der Waals surface area contributed by atoms with E-state index in [1.54, 1.807) is 19.1 Å². The van der Waals surface area contributed by atoms with Crippen molar-refractivity contribution < 1.29 is 17.9 Å². The van der Waals surface area contributed by atoms with E-state index in [-0.39, 0.29) is 28.7 Å². The summed E-state index contributed by atoms with van der Waals surface area (Å²) in [7, 11) is -3.06. The summed E-state index contributed by atoms with van der Waals surface area (Å²) in [4.78, 5) is 19.0. The second kappa shape index (κ2) is 8.81. The number of carbonyl (C=O) groups is 1. The molecule has 2 aliphatic heterocycles. The Morgan fingerprint density at radius 2 is 1.80 bits per heavy atom. The number of para-hydroxylation sites is 1. The van der Waals surface area contributed by atoms with Crippen LogP contribution in [0.1, 0.15) is 12.5 Å². The predicted octanol–water partition coefficient (Wildman–Crippen LogP) is 2.79. The molecule has 30 heavy (non-hydrogen) atoms. The van der Waals surface area contributed by atoms with Crippen LogP contribution in [0.25, 0.3) is 0 Å². The number of amides is 1. The van der Waals surface area contributed by atoms with Gasteiger partial charge in [0.1, 0.15) is 5.75 Å². The summed E-state index contributed by atoms with van der Waals surface area (Å²) in [6.45, 7) is 2.30. The summed E-state index contributed by atoms with van der Waals surface area (Å²) in [6.07, 6.45) is 0.0363. The van der Waals surface area contributed by atoms with Crippen molar-refractivity contribution in [2.24, 2.45) is 4.99 Å². The molecule has 2 aromatic carbocycles. The minimum atomic E-state index is -3.06. The lowest BCUT2D eigenvalue weighted by atomic mass is 10.1. The van der Waals surface area contributed by atoms with Gasteiger partial charge in [0.2, 0.25) is 0 Å². The van der Waals surface area contributed by atoms with E-state index in [1.165, 1.54) is 17.3 Å². The van der Waals surface area contributed by atoms with E-state index in [1.807, 2.05) is 53.4 Å². The Morgan fingerprint density at radius 1 is 1.13 bits per heavy atom. The molecular formula is C22H24N2O4S2. The molecule has 2 aromatic rings. The van der Waals surface area contributed by atoms with Crippen molar-refractivity contribution >= 4 is 32.7 Å². The summed E-state index contributed by atoms with van der Waals surface area (Å²) in [5.41, 5.74) is 1.17. The maximum Gasteiger partial charge on any atom is 0.288 e. The Kier molecular flexibility index (Phi) is 6.15. The second-order valence-electron chi connectivity index (χ2n) is 7.54. The molecule has 1 amide bonds. The van der Waals surface area contributed by atoms with Crippen LogP contribution in [0.15, 0.2) is 65.7 Å². The molecule has 2 saturated heterocycles. The number of thioether (sulfide) groups is 1. The normalized spacial score (nSPS) is 24.6. The molecule has 0 spiro atoms. The van der Waals surface area contributed by atoms with Crippen molar-refractivity contribution in [2.75, 3.05) is 18.1 Å². The topological polar surface area (TPSA) is 76.0 Å². The number of carbonyl (C=O) groups excluding carboxylic acids is 1. The minimum absolute atomic E-state index is 0.0809. The van der Waals surface area contributed by atoms with E-state index in [4.69, 9.17) is 4.74 Å². The number of nitrogens with zero attached hydrogens (tertiary/aromatic N) is 2. The number of ether oxygens (including phenoxy) is 1. The van der Waals surface area contributed by atoms with E-state index >= 15 is 0 Å². The summed E-state index contributed by atoms with van der Waals surface area (Å²) < 4.78 is 30.0. The molecule has 8 heteroatoms. The molecule has 0 saturated carbocycles. The van der Waals surface area contributed by atoms with Gasteiger partial charge in [-0.15, -0.1) is 0 Å². The highest BCUT2D eigenvalue weighted by Crippen LogP contribution is 2.38. The average Bonchev–Trinajstić information content (AvgIpc) is 3.18. The van der Waals surface area contributed by atoms with Crippen LogP contribution in [0.2, 0.25) is 0 Å². The van der Waals surface area contributed by atoms with Gasteiger partial charge in [-0.2, -0.15) is 4.99 Å². The molecule has 0 unspecified atom stereocenters. The molecular weight excluding hydrogens is 420 g/mol. The van der Waals surface area contributed by atoms with Gasteiger partial charge in [-0.25, -0.2) is 8.42 Å². The predicted molar refractivity (Wildman–Crippen MR) is 120 cm³/mol. The van der Waals surface area contributed by atoms with Crippen molar-refractivity contribution in [2.45, 2.75) is 30.7 Å². The molecule has 0 radical (unpaired) electrons. The van der Waals surface area contributed by atoms with Crippen LogP contribution >= 0.6 is 11.8 Å². The Balaban J connectivity index is 1.50. The number of hydrogen-bond donors (Lipinski definition) is 0. The third kappa shape index (κ3) is 4.87. The van der Waals surface area contributed by atoms with Crippen molar-refractivity contribution in [1.82, 2.24) is 4.90 Å². The minimum Gasteiger partial charge on any atom is -0.481 e. The molecule has 2 fully saturated rings. The first-order valence-electron chi connectivity index (χ1n) is 9.93. The quantitative estimate of drug-likeness (QED) is 0.682. The zero-order valence-electron chi connectivity index (χ0n) is 16.7. The van der Waals surface area contributed by atoms with Crippen LogP contribution in [0.4, 0.5) is 0 Å². The van der Waals surface area contributed by atoms with Crippen LogP contribution in [0, 0.1) is 0 Å². The molecule has 0 aliphatic carbocycles. The first-order valence-corrected chi connectivity index (χ1v) is 12.6. The maximum atomic E-state index is 12.7. The fourth-order valence-electron chi connectivity index (χ4n) is 3.73. The summed E-state index contributed by atoms with van der Waals surface area (Å²) in [6, 6.07) is 19.0. The van der Waals surface area contributed by atoms with Gasteiger partial charge in [0, 0.05) is 11.8 Å². The van der Waals surface area contributed by atoms with Gasteiger partial charge in [-0.3, -0.25) is 4.79 Å². The molecule has 6 nitrogen and oxygen atoms in total. The van der Waals surface area contributed by atoms with E-state index in [0.29, 0.717) is 17.5 Å². The highest BCUT2D eigenvalue weighted by molar-refractivity contribution is 8.15. The van der Waals surface area contributed by atoms with Gasteiger partial charge in [-0.05, 0) is 31.0 Å². The standard InChI is InChI=1S/C22H24N2O4S2/c1-16(28-18-10-6-3-7-11-18)21(25)23-22-24(13-12-17-8-4-2-5-9-17)19-14-30(26,27)15-20(19)29-22/h2-11,16,19-20H,12-15H2,1H3/t16-,19-,20+/m1/s1. The van der Waals surface area contributed by atoms with E-state index in [2.05, 4.69) is 4.99 Å². The third-order valence-corrected chi connectivity index (χ3v) is 8.52. The third-order valence-electron chi connectivity index (χ3n) is 5.27. The fraction of sp³-hybridized carbons (Fsp3) is 0.364. The van der Waals surface area contributed by atoms with Gasteiger partial charge < -0.3 is 9.64 Å². The molecule has 0 aromatic heterocycles. The lowest BCUT2D eigenvalue weighted by molar-refractivity contribution is -0.123. The Labute approximate surface area is 181 Å². The number of hydrogen-bond acceptors (Lipinski definition) is 5. The van der Waals surface area contributed by atoms with Crippen LogP contribution in [-0.2, 0) is 21.1 Å². The second-order valence-corrected chi connectivity index (χ2v) is 10.9. The van der Waals surface area contributed by atoms with E-state index in [0.717, 1.165) is 6.42 Å². The van der Waals surface area contributed by atoms with Crippen molar-refractivity contribution in [1.29, 1.82) is 0 Å². The van der Waals surface area contributed by atoms with Gasteiger partial charge >= 0.3 is 0 Å². The van der Waals surface area contributed by atoms with Gasteiger partial charge in [0.05, 0.1) is 17.5 Å². The average molecular weight is 445 g/mol. The monoisotopic (exact) mass is 444 g/mol. The molecule has 2 aliphatic rings. The number of sulfone groups is 1. The zero-order valence-corrected chi connectivity index (χ0v) is 18.3. The Bertz CT molecular complexity index is 1030. The largest absolute Gasteiger partial charge is 0.481 e. The van der Waals surface area contributed by atoms with Gasteiger partial charge in [0.15, 0.2) is 21.1 Å². The molecule has 2 heterocycles. The SMILES string of the molecule is C[C@@H](Oc1ccccc1)C(=O)N=C1S[C@H]2CS(=O)(=O)C[C@H]2N1CCc1ccccc1. The van der Waals surface area contributed by atoms with Crippen LogP contribution in [0.3, 0.4) is 0 Å². The first-order chi connectivity index (χ1) is 14.4. The Morgan fingerprint density at radius 3 is 2.50 bits per heavy atom. The number of rotatable bonds is 6. The molecule has 0 N–H and O–H groups in total. The number of aliphatic imine (C=N–C) groups is 1. The van der Waals surface area contributed by atoms with E-state index < -0.39 is 15.9 Å². The highest BCUT2D eigenvalue weighted by Gasteiger charge is 2.48. The molecule has 0 bridgehead atoms. The molecule has 158 valence electrons. The number of fused-ring (bicyclic) bond motifs is 1.